The Balaban J connectivity index is 0.000000561. The molecule has 1 aliphatic rings. The van der Waals surface area contributed by atoms with Crippen LogP contribution in [0.5, 0.6) is 0 Å². The monoisotopic (exact) mass is 190 g/mol. The van der Waals surface area contributed by atoms with E-state index >= 15 is 0 Å². The van der Waals surface area contributed by atoms with Crippen molar-refractivity contribution in [3.05, 3.63) is 0 Å². The van der Waals surface area contributed by atoms with Gasteiger partial charge in [0.05, 0.1) is 0 Å². The van der Waals surface area contributed by atoms with Crippen molar-refractivity contribution in [2.24, 2.45) is 5.41 Å². The molecule has 12 heavy (non-hydrogen) atoms. The van der Waals surface area contributed by atoms with E-state index in [4.69, 9.17) is 4.74 Å². The Hall–Kier alpha value is 0.310. The molecule has 0 amide bonds. The molecule has 0 spiro atoms. The molecule has 1 saturated heterocycles. The van der Waals surface area contributed by atoms with E-state index in [0.717, 1.165) is 19.0 Å². The van der Waals surface area contributed by atoms with E-state index in [-0.39, 0.29) is 0 Å². The Morgan fingerprint density at radius 3 is 2.00 bits per heavy atom. The summed E-state index contributed by atoms with van der Waals surface area (Å²) >= 11 is 4.37. The highest BCUT2D eigenvalue weighted by molar-refractivity contribution is 7.80. The van der Waals surface area contributed by atoms with Crippen LogP contribution in [0.2, 0.25) is 0 Å². The summed E-state index contributed by atoms with van der Waals surface area (Å²) in [4.78, 5) is 0. The molecule has 1 nitrogen and oxygen atoms in total. The summed E-state index contributed by atoms with van der Waals surface area (Å²) in [5.74, 6) is 1.02. The van der Waals surface area contributed by atoms with Gasteiger partial charge in [-0.2, -0.15) is 12.6 Å². The molecule has 0 unspecified atom stereocenters. The van der Waals surface area contributed by atoms with Crippen LogP contribution < -0.4 is 0 Å². The molecule has 1 fully saturated rings. The first kappa shape index (κ1) is 12.3. The van der Waals surface area contributed by atoms with Crippen molar-refractivity contribution in [1.29, 1.82) is 0 Å². The van der Waals surface area contributed by atoms with Crippen molar-refractivity contribution in [2.45, 2.75) is 40.0 Å². The van der Waals surface area contributed by atoms with Crippen LogP contribution >= 0.6 is 12.6 Å². The van der Waals surface area contributed by atoms with E-state index in [1.165, 1.54) is 19.3 Å². The fraction of sp³-hybridized carbons (Fsp3) is 1.00. The highest BCUT2D eigenvalue weighted by Gasteiger charge is 2.28. The van der Waals surface area contributed by atoms with Gasteiger partial charge in [0.15, 0.2) is 0 Å². The van der Waals surface area contributed by atoms with E-state index in [1.807, 2.05) is 13.8 Å². The number of thiol groups is 1. The average molecular weight is 190 g/mol. The third kappa shape index (κ3) is 3.36. The van der Waals surface area contributed by atoms with Gasteiger partial charge in [-0.1, -0.05) is 20.8 Å². The lowest BCUT2D eigenvalue weighted by Crippen LogP contribution is -2.30. The number of hydrogen-bond donors (Lipinski definition) is 1. The van der Waals surface area contributed by atoms with Crippen LogP contribution in [0.4, 0.5) is 0 Å². The molecule has 0 saturated carbocycles. The summed E-state index contributed by atoms with van der Waals surface area (Å²) in [5.41, 5.74) is 0.501. The number of ether oxygens (including phenoxy) is 1. The Morgan fingerprint density at radius 1 is 1.25 bits per heavy atom. The standard InChI is InChI=1S/C8H16OS.C2H6/c1-2-8(7-10)3-5-9-6-4-8;1-2/h10H,2-7H2,1H3;1-2H3. The Labute approximate surface area is 82.3 Å². The fourth-order valence-electron chi connectivity index (χ4n) is 1.43. The fourth-order valence-corrected chi connectivity index (χ4v) is 1.97. The van der Waals surface area contributed by atoms with Gasteiger partial charge in [-0.25, -0.2) is 0 Å². The number of hydrogen-bond acceptors (Lipinski definition) is 2. The molecule has 0 aromatic rings. The van der Waals surface area contributed by atoms with Gasteiger partial charge < -0.3 is 4.74 Å². The van der Waals surface area contributed by atoms with Gasteiger partial charge in [0.1, 0.15) is 0 Å². The molecule has 0 N–H and O–H groups in total. The SMILES string of the molecule is CC.CCC1(CS)CCOCC1. The maximum Gasteiger partial charge on any atom is 0.0471 e. The predicted molar refractivity (Wildman–Crippen MR) is 58.0 cm³/mol. The third-order valence-corrected chi connectivity index (χ3v) is 3.31. The zero-order chi connectivity index (χ0) is 9.45. The van der Waals surface area contributed by atoms with Crippen LogP contribution in [0.1, 0.15) is 40.0 Å². The largest absolute Gasteiger partial charge is 0.381 e. The summed E-state index contributed by atoms with van der Waals surface area (Å²) in [6.45, 7) is 8.13. The van der Waals surface area contributed by atoms with Gasteiger partial charge in [0.25, 0.3) is 0 Å². The molecule has 0 aromatic heterocycles. The van der Waals surface area contributed by atoms with Crippen LogP contribution in [-0.4, -0.2) is 19.0 Å². The Bertz CT molecular complexity index is 92.0. The van der Waals surface area contributed by atoms with Gasteiger partial charge in [0, 0.05) is 13.2 Å². The van der Waals surface area contributed by atoms with E-state index in [2.05, 4.69) is 19.6 Å². The van der Waals surface area contributed by atoms with E-state index in [9.17, 15) is 0 Å². The topological polar surface area (TPSA) is 9.23 Å². The first-order valence-electron chi connectivity index (χ1n) is 5.01. The zero-order valence-electron chi connectivity index (χ0n) is 8.60. The second-order valence-corrected chi connectivity index (χ2v) is 3.44. The van der Waals surface area contributed by atoms with Crippen molar-refractivity contribution in [3.63, 3.8) is 0 Å². The van der Waals surface area contributed by atoms with Crippen molar-refractivity contribution in [3.8, 4) is 0 Å². The molecule has 0 aromatic carbocycles. The zero-order valence-corrected chi connectivity index (χ0v) is 9.49. The Morgan fingerprint density at radius 2 is 1.75 bits per heavy atom. The first-order valence-corrected chi connectivity index (χ1v) is 5.65. The minimum absolute atomic E-state index is 0.501. The summed E-state index contributed by atoms with van der Waals surface area (Å²) in [5, 5.41) is 0. The summed E-state index contributed by atoms with van der Waals surface area (Å²) in [6.07, 6.45) is 3.65. The van der Waals surface area contributed by atoms with E-state index < -0.39 is 0 Å². The molecular formula is C10H22OS. The smallest absolute Gasteiger partial charge is 0.0471 e. The van der Waals surface area contributed by atoms with Crippen molar-refractivity contribution < 1.29 is 4.74 Å². The van der Waals surface area contributed by atoms with Crippen LogP contribution in [0.25, 0.3) is 0 Å². The van der Waals surface area contributed by atoms with Crippen LogP contribution in [-0.2, 0) is 4.74 Å². The lowest BCUT2D eigenvalue weighted by Gasteiger charge is -2.34. The highest BCUT2D eigenvalue weighted by Crippen LogP contribution is 2.34. The van der Waals surface area contributed by atoms with Gasteiger partial charge in [-0.3, -0.25) is 0 Å². The molecule has 0 bridgehead atoms. The maximum atomic E-state index is 5.29. The van der Waals surface area contributed by atoms with E-state index in [1.54, 1.807) is 0 Å². The molecule has 1 rings (SSSR count). The third-order valence-electron chi connectivity index (χ3n) is 2.64. The van der Waals surface area contributed by atoms with Gasteiger partial charge in [-0.15, -0.1) is 0 Å². The molecule has 2 heteroatoms. The van der Waals surface area contributed by atoms with Crippen LogP contribution in [0, 0.1) is 5.41 Å². The highest BCUT2D eigenvalue weighted by atomic mass is 32.1. The van der Waals surface area contributed by atoms with Gasteiger partial charge >= 0.3 is 0 Å². The second-order valence-electron chi connectivity index (χ2n) is 3.12. The second kappa shape index (κ2) is 6.79. The van der Waals surface area contributed by atoms with Gasteiger partial charge in [-0.05, 0) is 30.4 Å². The van der Waals surface area contributed by atoms with Crippen molar-refractivity contribution in [1.82, 2.24) is 0 Å². The molecule has 74 valence electrons. The number of rotatable bonds is 2. The summed E-state index contributed by atoms with van der Waals surface area (Å²) < 4.78 is 5.29. The molecule has 1 heterocycles. The lowest BCUT2D eigenvalue weighted by atomic mass is 9.80. The van der Waals surface area contributed by atoms with E-state index in [0.29, 0.717) is 5.41 Å². The molecule has 0 radical (unpaired) electrons. The molecular weight excluding hydrogens is 168 g/mol. The predicted octanol–water partition coefficient (Wildman–Crippen LogP) is 3.15. The quantitative estimate of drug-likeness (QED) is 0.658. The summed E-state index contributed by atoms with van der Waals surface area (Å²) in [7, 11) is 0. The summed E-state index contributed by atoms with van der Waals surface area (Å²) in [6, 6.07) is 0. The van der Waals surface area contributed by atoms with Crippen molar-refractivity contribution in [2.75, 3.05) is 19.0 Å². The minimum atomic E-state index is 0.501. The van der Waals surface area contributed by atoms with Gasteiger partial charge in [0.2, 0.25) is 0 Å². The Kier molecular flexibility index (Phi) is 6.96. The lowest BCUT2D eigenvalue weighted by molar-refractivity contribution is 0.0247. The minimum Gasteiger partial charge on any atom is -0.381 e. The van der Waals surface area contributed by atoms with Crippen LogP contribution in [0.3, 0.4) is 0 Å². The van der Waals surface area contributed by atoms with Crippen LogP contribution in [0.15, 0.2) is 0 Å². The molecule has 0 atom stereocenters. The first-order chi connectivity index (χ1) is 5.83. The maximum absolute atomic E-state index is 5.29. The average Bonchev–Trinajstić information content (AvgIpc) is 2.22. The normalized spacial score (nSPS) is 21.0. The van der Waals surface area contributed by atoms with Crippen molar-refractivity contribution >= 4 is 12.6 Å². The molecule has 0 aliphatic carbocycles. The molecule has 1 aliphatic heterocycles.